The van der Waals surface area contributed by atoms with Crippen molar-refractivity contribution in [2.45, 2.75) is 13.5 Å². The van der Waals surface area contributed by atoms with Gasteiger partial charge in [0.25, 0.3) is 5.91 Å². The number of hydrogen-bond donors (Lipinski definition) is 1. The number of amides is 1. The summed E-state index contributed by atoms with van der Waals surface area (Å²) < 4.78 is 5.13. The van der Waals surface area contributed by atoms with Crippen LogP contribution in [0.25, 0.3) is 0 Å². The second-order valence-corrected chi connectivity index (χ2v) is 4.37. The molecular weight excluding hydrogens is 277 g/mol. The van der Waals surface area contributed by atoms with Crippen LogP contribution < -0.4 is 5.32 Å². The molecule has 0 spiro atoms. The van der Waals surface area contributed by atoms with Crippen molar-refractivity contribution in [3.05, 3.63) is 45.6 Å². The number of nitrogens with one attached hydrogen (secondary N) is 1. The summed E-state index contributed by atoms with van der Waals surface area (Å²) in [4.78, 5) is 11.8. The summed E-state index contributed by atoms with van der Waals surface area (Å²) in [5, 5.41) is 10.8. The number of carbonyl (C=O) groups excluding carboxylic acids is 1. The monoisotopic (exact) mass is 285 g/mol. The zero-order valence-electron chi connectivity index (χ0n) is 9.41. The highest BCUT2D eigenvalue weighted by molar-refractivity contribution is 6.36. The Morgan fingerprint density at radius 2 is 2.17 bits per heavy atom. The summed E-state index contributed by atoms with van der Waals surface area (Å²) in [5.41, 5.74) is 0.345. The number of carbonyl (C=O) groups is 1. The molecule has 18 heavy (non-hydrogen) atoms. The highest BCUT2D eigenvalue weighted by atomic mass is 35.5. The van der Waals surface area contributed by atoms with Crippen molar-refractivity contribution in [2.75, 3.05) is 0 Å². The van der Waals surface area contributed by atoms with Crippen LogP contribution in [-0.2, 0) is 6.54 Å². The van der Waals surface area contributed by atoms with Gasteiger partial charge in [0.1, 0.15) is 0 Å². The number of benzene rings is 1. The van der Waals surface area contributed by atoms with Gasteiger partial charge in [-0.2, -0.15) is 0 Å². The number of hydrogen-bond acceptors (Lipinski definition) is 4. The lowest BCUT2D eigenvalue weighted by Gasteiger charge is -2.04. The van der Waals surface area contributed by atoms with Crippen LogP contribution in [0.3, 0.4) is 0 Å². The summed E-state index contributed by atoms with van der Waals surface area (Å²) in [6, 6.07) is 4.66. The Labute approximate surface area is 113 Å². The van der Waals surface area contributed by atoms with Crippen molar-refractivity contribution >= 4 is 29.1 Å². The Bertz CT molecular complexity index is 583. The minimum absolute atomic E-state index is 0.151. The van der Waals surface area contributed by atoms with E-state index in [1.54, 1.807) is 19.1 Å². The molecule has 0 radical (unpaired) electrons. The average Bonchev–Trinajstić information content (AvgIpc) is 2.72. The predicted molar refractivity (Wildman–Crippen MR) is 66.7 cm³/mol. The first-order valence-electron chi connectivity index (χ1n) is 5.08. The van der Waals surface area contributed by atoms with Crippen LogP contribution in [0, 0.1) is 6.92 Å². The fourth-order valence-corrected chi connectivity index (χ4v) is 1.83. The molecule has 0 aliphatic heterocycles. The van der Waals surface area contributed by atoms with Gasteiger partial charge in [0, 0.05) is 11.9 Å². The molecular formula is C11H9Cl2N3O2. The minimum atomic E-state index is -0.326. The van der Waals surface area contributed by atoms with Crippen molar-refractivity contribution in [1.29, 1.82) is 0 Å². The van der Waals surface area contributed by atoms with Crippen LogP contribution in [0.4, 0.5) is 0 Å². The summed E-state index contributed by atoms with van der Waals surface area (Å²) in [6.45, 7) is 1.83. The van der Waals surface area contributed by atoms with Gasteiger partial charge in [0.05, 0.1) is 17.1 Å². The summed E-state index contributed by atoms with van der Waals surface area (Å²) in [6.07, 6.45) is 0. The van der Waals surface area contributed by atoms with Crippen LogP contribution in [0.1, 0.15) is 22.1 Å². The number of rotatable bonds is 3. The predicted octanol–water partition coefficient (Wildman–Crippen LogP) is 2.61. The topological polar surface area (TPSA) is 68.0 Å². The lowest BCUT2D eigenvalue weighted by Crippen LogP contribution is -2.23. The molecule has 2 aromatic rings. The third-order valence-corrected chi connectivity index (χ3v) is 2.69. The molecule has 0 atom stereocenters. The van der Waals surface area contributed by atoms with E-state index in [0.29, 0.717) is 27.4 Å². The molecule has 1 aromatic heterocycles. The van der Waals surface area contributed by atoms with Gasteiger partial charge in [0.2, 0.25) is 11.8 Å². The quantitative estimate of drug-likeness (QED) is 0.941. The molecule has 0 aliphatic rings. The van der Waals surface area contributed by atoms with Gasteiger partial charge in [-0.25, -0.2) is 0 Å². The maximum atomic E-state index is 11.8. The van der Waals surface area contributed by atoms with Crippen LogP contribution in [0.5, 0.6) is 0 Å². The second kappa shape index (κ2) is 5.37. The van der Waals surface area contributed by atoms with Gasteiger partial charge in [-0.3, -0.25) is 4.79 Å². The van der Waals surface area contributed by atoms with E-state index in [0.717, 1.165) is 0 Å². The standard InChI is InChI=1S/C11H9Cl2N3O2/c1-6-15-16-10(18-6)5-14-11(17)8-3-2-7(12)4-9(8)13/h2-4H,5H2,1H3,(H,14,17). The third kappa shape index (κ3) is 3.00. The average molecular weight is 286 g/mol. The van der Waals surface area contributed by atoms with Crippen molar-refractivity contribution < 1.29 is 9.21 Å². The van der Waals surface area contributed by atoms with Gasteiger partial charge in [-0.1, -0.05) is 23.2 Å². The van der Waals surface area contributed by atoms with E-state index in [1.165, 1.54) is 6.07 Å². The molecule has 1 amide bonds. The highest BCUT2D eigenvalue weighted by Gasteiger charge is 2.11. The lowest BCUT2D eigenvalue weighted by atomic mass is 10.2. The number of halogens is 2. The molecule has 0 aliphatic carbocycles. The fourth-order valence-electron chi connectivity index (χ4n) is 1.33. The SMILES string of the molecule is Cc1nnc(CNC(=O)c2ccc(Cl)cc2Cl)o1. The van der Waals surface area contributed by atoms with Crippen molar-refractivity contribution in [2.24, 2.45) is 0 Å². The molecule has 0 unspecified atom stereocenters. The molecule has 0 bridgehead atoms. The lowest BCUT2D eigenvalue weighted by molar-refractivity contribution is 0.0947. The Kier molecular flexibility index (Phi) is 3.84. The third-order valence-electron chi connectivity index (χ3n) is 2.14. The van der Waals surface area contributed by atoms with E-state index in [9.17, 15) is 4.79 Å². The molecule has 7 heteroatoms. The smallest absolute Gasteiger partial charge is 0.253 e. The normalized spacial score (nSPS) is 10.4. The van der Waals surface area contributed by atoms with Gasteiger partial charge in [-0.05, 0) is 18.2 Å². The van der Waals surface area contributed by atoms with Crippen LogP contribution >= 0.6 is 23.2 Å². The first-order chi connectivity index (χ1) is 8.56. The van der Waals surface area contributed by atoms with Crippen LogP contribution in [-0.4, -0.2) is 16.1 Å². The molecule has 0 saturated carbocycles. The highest BCUT2D eigenvalue weighted by Crippen LogP contribution is 2.20. The molecule has 0 saturated heterocycles. The Hall–Kier alpha value is -1.59. The number of aromatic nitrogens is 2. The molecule has 1 N–H and O–H groups in total. The van der Waals surface area contributed by atoms with E-state index < -0.39 is 0 Å². The van der Waals surface area contributed by atoms with Gasteiger partial charge in [0.15, 0.2) is 0 Å². The Morgan fingerprint density at radius 3 is 2.78 bits per heavy atom. The molecule has 0 fully saturated rings. The van der Waals surface area contributed by atoms with E-state index in [2.05, 4.69) is 15.5 Å². The van der Waals surface area contributed by atoms with Crippen molar-refractivity contribution in [1.82, 2.24) is 15.5 Å². The zero-order valence-corrected chi connectivity index (χ0v) is 10.9. The first-order valence-corrected chi connectivity index (χ1v) is 5.84. The van der Waals surface area contributed by atoms with E-state index in [4.69, 9.17) is 27.6 Å². The Morgan fingerprint density at radius 1 is 1.39 bits per heavy atom. The maximum Gasteiger partial charge on any atom is 0.253 e. The largest absolute Gasteiger partial charge is 0.424 e. The minimum Gasteiger partial charge on any atom is -0.424 e. The Balaban J connectivity index is 2.03. The summed E-state index contributed by atoms with van der Waals surface area (Å²) in [7, 11) is 0. The maximum absolute atomic E-state index is 11.8. The second-order valence-electron chi connectivity index (χ2n) is 3.52. The van der Waals surface area contributed by atoms with Crippen LogP contribution in [0.2, 0.25) is 10.0 Å². The molecule has 5 nitrogen and oxygen atoms in total. The molecule has 1 heterocycles. The van der Waals surface area contributed by atoms with E-state index >= 15 is 0 Å². The molecule has 2 rings (SSSR count). The fraction of sp³-hybridized carbons (Fsp3) is 0.182. The first kappa shape index (κ1) is 12.9. The molecule has 1 aromatic carbocycles. The van der Waals surface area contributed by atoms with E-state index in [-0.39, 0.29) is 12.5 Å². The molecule has 94 valence electrons. The summed E-state index contributed by atoms with van der Waals surface area (Å²) in [5.74, 6) is 0.460. The summed E-state index contributed by atoms with van der Waals surface area (Å²) >= 11 is 11.7. The van der Waals surface area contributed by atoms with Crippen LogP contribution in [0.15, 0.2) is 22.6 Å². The van der Waals surface area contributed by atoms with Gasteiger partial charge < -0.3 is 9.73 Å². The van der Waals surface area contributed by atoms with E-state index in [1.807, 2.05) is 0 Å². The number of nitrogens with zero attached hydrogens (tertiary/aromatic N) is 2. The van der Waals surface area contributed by atoms with Crippen molar-refractivity contribution in [3.8, 4) is 0 Å². The number of aryl methyl sites for hydroxylation is 1. The zero-order chi connectivity index (χ0) is 13.1. The van der Waals surface area contributed by atoms with Gasteiger partial charge >= 0.3 is 0 Å². The van der Waals surface area contributed by atoms with Crippen molar-refractivity contribution in [3.63, 3.8) is 0 Å². The van der Waals surface area contributed by atoms with Gasteiger partial charge in [-0.15, -0.1) is 10.2 Å².